The average molecular weight is 341 g/mol. The Morgan fingerprint density at radius 1 is 1.21 bits per heavy atom. The zero-order valence-electron chi connectivity index (χ0n) is 12.2. The molecule has 0 atom stereocenters. The number of nitriles is 1. The van der Waals surface area contributed by atoms with Crippen molar-refractivity contribution in [1.82, 2.24) is 24.7 Å². The van der Waals surface area contributed by atoms with Crippen molar-refractivity contribution in [3.05, 3.63) is 60.4 Å². The maximum atomic E-state index is 12.2. The Balaban J connectivity index is 1.74. The van der Waals surface area contributed by atoms with Gasteiger partial charge in [0.15, 0.2) is 0 Å². The van der Waals surface area contributed by atoms with Gasteiger partial charge in [0.1, 0.15) is 23.0 Å². The Hall–Kier alpha value is -3.32. The number of hydrogen-bond donors (Lipinski definition) is 1. The number of pyridine rings is 2. The first kappa shape index (κ1) is 15.6. The second kappa shape index (κ2) is 6.43. The van der Waals surface area contributed by atoms with Crippen LogP contribution in [0.25, 0.3) is 0 Å². The molecule has 24 heavy (non-hydrogen) atoms. The molecule has 120 valence electrons. The Morgan fingerprint density at radius 3 is 2.75 bits per heavy atom. The summed E-state index contributed by atoms with van der Waals surface area (Å²) in [6.07, 6.45) is 5.87. The molecule has 3 aromatic heterocycles. The topological polar surface area (TPSA) is 126 Å². The molecule has 0 radical (unpaired) electrons. The first-order chi connectivity index (χ1) is 11.6. The van der Waals surface area contributed by atoms with Crippen molar-refractivity contribution in [2.24, 2.45) is 0 Å². The van der Waals surface area contributed by atoms with Crippen molar-refractivity contribution >= 4 is 16.0 Å². The molecule has 0 amide bonds. The number of sulfonamides is 1. The summed E-state index contributed by atoms with van der Waals surface area (Å²) in [6, 6.07) is 8.11. The molecular weight excluding hydrogens is 330 g/mol. The van der Waals surface area contributed by atoms with Crippen LogP contribution in [0, 0.1) is 11.3 Å². The smallest absolute Gasteiger partial charge is 0.264 e. The third kappa shape index (κ3) is 3.53. The zero-order valence-corrected chi connectivity index (χ0v) is 13.1. The van der Waals surface area contributed by atoms with E-state index in [1.165, 1.54) is 23.1 Å². The quantitative estimate of drug-likeness (QED) is 0.727. The van der Waals surface area contributed by atoms with E-state index < -0.39 is 10.0 Å². The minimum atomic E-state index is -3.87. The highest BCUT2D eigenvalue weighted by Crippen LogP contribution is 2.12. The van der Waals surface area contributed by atoms with Crippen molar-refractivity contribution in [1.29, 1.82) is 5.26 Å². The lowest BCUT2D eigenvalue weighted by Gasteiger charge is -2.04. The molecule has 10 heteroatoms. The third-order valence-corrected chi connectivity index (χ3v) is 4.30. The SMILES string of the molecule is N#Cc1ccc(S(=O)(=O)Nc2ncn(Cc3cccnc3)n2)cn1. The third-order valence-electron chi connectivity index (χ3n) is 2.99. The zero-order chi connectivity index (χ0) is 17.0. The monoisotopic (exact) mass is 341 g/mol. The summed E-state index contributed by atoms with van der Waals surface area (Å²) in [4.78, 5) is 11.6. The summed E-state index contributed by atoms with van der Waals surface area (Å²) in [5.41, 5.74) is 1.04. The Morgan fingerprint density at radius 2 is 2.08 bits per heavy atom. The lowest BCUT2D eigenvalue weighted by atomic mass is 10.3. The summed E-state index contributed by atoms with van der Waals surface area (Å²) >= 11 is 0. The summed E-state index contributed by atoms with van der Waals surface area (Å²) < 4.78 is 28.2. The van der Waals surface area contributed by atoms with Gasteiger partial charge in [0, 0.05) is 18.6 Å². The molecule has 3 rings (SSSR count). The molecule has 0 fully saturated rings. The van der Waals surface area contributed by atoms with Gasteiger partial charge in [-0.3, -0.25) is 4.98 Å². The van der Waals surface area contributed by atoms with E-state index in [1.54, 1.807) is 18.5 Å². The van der Waals surface area contributed by atoms with Gasteiger partial charge >= 0.3 is 0 Å². The van der Waals surface area contributed by atoms with Gasteiger partial charge in [-0.15, -0.1) is 5.10 Å². The van der Waals surface area contributed by atoms with Gasteiger partial charge in [-0.05, 0) is 23.8 Å². The minimum absolute atomic E-state index is 0.0525. The molecule has 3 heterocycles. The highest BCUT2D eigenvalue weighted by atomic mass is 32.2. The van der Waals surface area contributed by atoms with E-state index in [9.17, 15) is 8.42 Å². The van der Waals surface area contributed by atoms with Crippen LogP contribution in [0.3, 0.4) is 0 Å². The number of rotatable bonds is 5. The molecule has 0 unspecified atom stereocenters. The minimum Gasteiger partial charge on any atom is -0.264 e. The second-order valence-corrected chi connectivity index (χ2v) is 6.41. The molecule has 0 spiro atoms. The lowest BCUT2D eigenvalue weighted by molar-refractivity contribution is 0.600. The molecule has 0 aromatic carbocycles. The number of aromatic nitrogens is 5. The molecule has 9 nitrogen and oxygen atoms in total. The number of nitrogens with one attached hydrogen (secondary N) is 1. The molecule has 1 N–H and O–H groups in total. The van der Waals surface area contributed by atoms with Gasteiger partial charge in [-0.2, -0.15) is 10.2 Å². The maximum Gasteiger partial charge on any atom is 0.265 e. The van der Waals surface area contributed by atoms with E-state index in [2.05, 4.69) is 24.8 Å². The summed E-state index contributed by atoms with van der Waals surface area (Å²) in [5, 5.41) is 12.8. The predicted octanol–water partition coefficient (Wildman–Crippen LogP) is 0.789. The number of hydrogen-bond acceptors (Lipinski definition) is 7. The van der Waals surface area contributed by atoms with E-state index in [1.807, 2.05) is 12.1 Å². The fourth-order valence-electron chi connectivity index (χ4n) is 1.88. The lowest BCUT2D eigenvalue weighted by Crippen LogP contribution is -2.14. The maximum absolute atomic E-state index is 12.2. The van der Waals surface area contributed by atoms with Gasteiger partial charge in [0.2, 0.25) is 0 Å². The van der Waals surface area contributed by atoms with Gasteiger partial charge in [0.25, 0.3) is 16.0 Å². The largest absolute Gasteiger partial charge is 0.265 e. The fourth-order valence-corrected chi connectivity index (χ4v) is 2.77. The fraction of sp³-hybridized carbons (Fsp3) is 0.0714. The predicted molar refractivity (Wildman–Crippen MR) is 83.1 cm³/mol. The van der Waals surface area contributed by atoms with Crippen LogP contribution in [0.4, 0.5) is 5.95 Å². The molecule has 0 saturated heterocycles. The van der Waals surface area contributed by atoms with E-state index in [0.29, 0.717) is 6.54 Å². The van der Waals surface area contributed by atoms with Crippen molar-refractivity contribution in [2.45, 2.75) is 11.4 Å². The van der Waals surface area contributed by atoms with Crippen LogP contribution in [-0.2, 0) is 16.6 Å². The van der Waals surface area contributed by atoms with Crippen molar-refractivity contribution in [3.8, 4) is 6.07 Å². The Bertz CT molecular complexity index is 976. The Labute approximate surface area is 137 Å². The van der Waals surface area contributed by atoms with Crippen LogP contribution in [0.2, 0.25) is 0 Å². The Kier molecular flexibility index (Phi) is 4.17. The van der Waals surface area contributed by atoms with Gasteiger partial charge in [-0.1, -0.05) is 6.07 Å². The van der Waals surface area contributed by atoms with Gasteiger partial charge in [-0.25, -0.2) is 22.8 Å². The van der Waals surface area contributed by atoms with E-state index in [0.717, 1.165) is 11.8 Å². The van der Waals surface area contributed by atoms with Crippen LogP contribution in [0.1, 0.15) is 11.3 Å². The van der Waals surface area contributed by atoms with Crippen LogP contribution in [0.5, 0.6) is 0 Å². The van der Waals surface area contributed by atoms with Gasteiger partial charge in [0.05, 0.1) is 6.54 Å². The molecule has 0 aliphatic rings. The average Bonchev–Trinajstić information content (AvgIpc) is 3.02. The first-order valence-electron chi connectivity index (χ1n) is 6.74. The number of nitrogens with zero attached hydrogens (tertiary/aromatic N) is 6. The number of anilines is 1. The van der Waals surface area contributed by atoms with E-state index in [-0.39, 0.29) is 16.5 Å². The normalized spacial score (nSPS) is 11.0. The van der Waals surface area contributed by atoms with Crippen molar-refractivity contribution in [3.63, 3.8) is 0 Å². The van der Waals surface area contributed by atoms with Crippen molar-refractivity contribution < 1.29 is 8.42 Å². The van der Waals surface area contributed by atoms with Crippen molar-refractivity contribution in [2.75, 3.05) is 4.72 Å². The summed E-state index contributed by atoms with van der Waals surface area (Å²) in [7, 11) is -3.87. The highest BCUT2D eigenvalue weighted by molar-refractivity contribution is 7.92. The van der Waals surface area contributed by atoms with Crippen LogP contribution >= 0.6 is 0 Å². The van der Waals surface area contributed by atoms with E-state index in [4.69, 9.17) is 5.26 Å². The summed E-state index contributed by atoms with van der Waals surface area (Å²) in [5.74, 6) is -0.0525. The standard InChI is InChI=1S/C14H11N7O2S/c15-6-12-3-4-13(8-17-12)24(22,23)20-14-18-10-21(19-14)9-11-2-1-5-16-7-11/h1-5,7-8,10H,9H2,(H,19,20). The second-order valence-electron chi connectivity index (χ2n) is 4.72. The molecular formula is C14H11N7O2S. The van der Waals surface area contributed by atoms with Crippen LogP contribution in [0.15, 0.2) is 54.1 Å². The summed E-state index contributed by atoms with van der Waals surface area (Å²) in [6.45, 7) is 0.418. The van der Waals surface area contributed by atoms with Crippen LogP contribution in [-0.4, -0.2) is 33.2 Å². The first-order valence-corrected chi connectivity index (χ1v) is 8.22. The molecule has 0 aliphatic carbocycles. The van der Waals surface area contributed by atoms with Crippen LogP contribution < -0.4 is 4.72 Å². The van der Waals surface area contributed by atoms with Gasteiger partial charge < -0.3 is 0 Å². The molecule has 0 saturated carbocycles. The molecule has 0 aliphatic heterocycles. The molecule has 3 aromatic rings. The van der Waals surface area contributed by atoms with E-state index >= 15 is 0 Å². The highest BCUT2D eigenvalue weighted by Gasteiger charge is 2.17. The molecule has 0 bridgehead atoms.